The van der Waals surface area contributed by atoms with Crippen molar-refractivity contribution in [1.29, 1.82) is 0 Å². The lowest BCUT2D eigenvalue weighted by molar-refractivity contribution is -0.143. The summed E-state index contributed by atoms with van der Waals surface area (Å²) >= 11 is 9.23. The van der Waals surface area contributed by atoms with E-state index in [1.807, 2.05) is 35.2 Å². The van der Waals surface area contributed by atoms with Crippen molar-refractivity contribution in [2.75, 3.05) is 13.2 Å². The molecule has 1 aliphatic heterocycles. The third-order valence-electron chi connectivity index (χ3n) is 5.66. The lowest BCUT2D eigenvalue weighted by atomic mass is 9.97. The average molecular weight is 513 g/mol. The lowest BCUT2D eigenvalue weighted by Crippen LogP contribution is -2.35. The zero-order valence-corrected chi connectivity index (χ0v) is 20.6. The van der Waals surface area contributed by atoms with Crippen molar-refractivity contribution in [2.45, 2.75) is 32.9 Å². The van der Waals surface area contributed by atoms with Crippen LogP contribution in [0.2, 0.25) is 0 Å². The normalized spacial score (nSPS) is 18.0. The molecule has 3 aromatic rings. The molecule has 3 heterocycles. The highest BCUT2D eigenvalue weighted by molar-refractivity contribution is 9.10. The van der Waals surface area contributed by atoms with Gasteiger partial charge in [-0.2, -0.15) is 0 Å². The number of hydrogen-bond acceptors (Lipinski definition) is 4. The maximum absolute atomic E-state index is 12.4. The predicted octanol–water partition coefficient (Wildman–Crippen LogP) is 4.79. The smallest absolute Gasteiger partial charge is 0.325 e. The van der Waals surface area contributed by atoms with Crippen LogP contribution in [0.15, 0.2) is 59.2 Å². The molecule has 1 fully saturated rings. The molecular weight excluding hydrogens is 488 g/mol. The second kappa shape index (κ2) is 9.42. The fourth-order valence-corrected chi connectivity index (χ4v) is 5.05. The van der Waals surface area contributed by atoms with Gasteiger partial charge in [0.1, 0.15) is 6.54 Å². The Hall–Kier alpha value is -2.71. The van der Waals surface area contributed by atoms with Crippen LogP contribution in [-0.2, 0) is 9.53 Å². The Morgan fingerprint density at radius 3 is 2.72 bits per heavy atom. The largest absolute Gasteiger partial charge is 0.465 e. The highest BCUT2D eigenvalue weighted by atomic mass is 79.9. The van der Waals surface area contributed by atoms with Gasteiger partial charge in [0.15, 0.2) is 5.11 Å². The van der Waals surface area contributed by atoms with Gasteiger partial charge in [0.25, 0.3) is 0 Å². The summed E-state index contributed by atoms with van der Waals surface area (Å²) < 4.78 is 8.46. The van der Waals surface area contributed by atoms with Gasteiger partial charge in [-0.15, -0.1) is 0 Å². The van der Waals surface area contributed by atoms with E-state index >= 15 is 0 Å². The van der Waals surface area contributed by atoms with Gasteiger partial charge in [0.2, 0.25) is 0 Å². The number of thiocarbonyl (C=S) groups is 1. The first kappa shape index (κ1) is 22.5. The molecule has 32 heavy (non-hydrogen) atoms. The zero-order valence-electron chi connectivity index (χ0n) is 18.2. The fourth-order valence-electron chi connectivity index (χ4n) is 4.36. The van der Waals surface area contributed by atoms with E-state index in [1.54, 1.807) is 13.1 Å². The molecule has 1 N–H and O–H groups in total. The Kier molecular flexibility index (Phi) is 6.62. The first-order chi connectivity index (χ1) is 15.4. The van der Waals surface area contributed by atoms with Crippen molar-refractivity contribution >= 4 is 39.2 Å². The molecule has 1 aliphatic rings. The van der Waals surface area contributed by atoms with Crippen molar-refractivity contribution in [3.8, 4) is 5.69 Å². The highest BCUT2D eigenvalue weighted by Gasteiger charge is 2.42. The molecule has 0 saturated carbocycles. The second-order valence-corrected chi connectivity index (χ2v) is 9.00. The van der Waals surface area contributed by atoms with Crippen molar-refractivity contribution < 1.29 is 9.53 Å². The molecule has 1 aromatic carbocycles. The molecular formula is C24H25BrN4O2S. The third-order valence-corrected chi connectivity index (χ3v) is 6.50. The minimum atomic E-state index is -0.302. The third kappa shape index (κ3) is 4.29. The van der Waals surface area contributed by atoms with Gasteiger partial charge >= 0.3 is 5.97 Å². The number of halogens is 1. The number of nitrogens with one attached hydrogen (secondary N) is 1. The maximum atomic E-state index is 12.4. The number of nitrogens with zero attached hydrogens (tertiary/aromatic N) is 3. The number of aromatic nitrogens is 2. The molecule has 2 aromatic heterocycles. The van der Waals surface area contributed by atoms with E-state index in [0.717, 1.165) is 32.8 Å². The van der Waals surface area contributed by atoms with Crippen LogP contribution >= 0.6 is 28.1 Å². The Bertz CT molecular complexity index is 1150. The Labute approximate surface area is 201 Å². The van der Waals surface area contributed by atoms with E-state index in [-0.39, 0.29) is 24.6 Å². The molecule has 6 nitrogen and oxygen atoms in total. The predicted molar refractivity (Wildman–Crippen MR) is 132 cm³/mol. The van der Waals surface area contributed by atoms with E-state index in [1.165, 1.54) is 0 Å². The van der Waals surface area contributed by atoms with E-state index in [0.29, 0.717) is 11.7 Å². The molecule has 0 bridgehead atoms. The number of hydrogen-bond donors (Lipinski definition) is 1. The van der Waals surface area contributed by atoms with Crippen LogP contribution in [-0.4, -0.2) is 38.7 Å². The van der Waals surface area contributed by atoms with Crippen molar-refractivity contribution in [1.82, 2.24) is 19.8 Å². The number of aryl methyl sites for hydroxylation is 1. The monoisotopic (exact) mass is 512 g/mol. The Morgan fingerprint density at radius 1 is 1.22 bits per heavy atom. The van der Waals surface area contributed by atoms with E-state index < -0.39 is 0 Å². The van der Waals surface area contributed by atoms with Gasteiger partial charge in [0.05, 0.1) is 24.4 Å². The van der Waals surface area contributed by atoms with Crippen LogP contribution < -0.4 is 5.32 Å². The van der Waals surface area contributed by atoms with Gasteiger partial charge in [-0.25, -0.2) is 0 Å². The van der Waals surface area contributed by atoms with Gasteiger partial charge in [-0.3, -0.25) is 9.78 Å². The molecule has 2 atom stereocenters. The lowest BCUT2D eigenvalue weighted by Gasteiger charge is -2.27. The first-order valence-electron chi connectivity index (χ1n) is 10.5. The summed E-state index contributed by atoms with van der Waals surface area (Å²) in [5.74, 6) is -0.302. The quantitative estimate of drug-likeness (QED) is 0.378. The molecule has 0 amide bonds. The van der Waals surface area contributed by atoms with Crippen LogP contribution in [0.25, 0.3) is 5.69 Å². The SMILES string of the molecule is CCOC(=O)CN1C(=S)N[C@@H](c2ccccn2)[C@H]1c1cc(C)n(-c2cccc(Br)c2)c1C. The van der Waals surface area contributed by atoms with Gasteiger partial charge in [-0.05, 0) is 75.0 Å². The minimum Gasteiger partial charge on any atom is -0.465 e. The molecule has 166 valence electrons. The minimum absolute atomic E-state index is 0.0776. The Balaban J connectivity index is 1.81. The molecule has 8 heteroatoms. The summed E-state index contributed by atoms with van der Waals surface area (Å²) in [6, 6.07) is 15.8. The van der Waals surface area contributed by atoms with Crippen molar-refractivity contribution in [3.63, 3.8) is 0 Å². The molecule has 0 unspecified atom stereocenters. The van der Waals surface area contributed by atoms with Crippen LogP contribution in [0.3, 0.4) is 0 Å². The number of ether oxygens (including phenoxy) is 1. The molecule has 1 saturated heterocycles. The van der Waals surface area contributed by atoms with Crippen LogP contribution in [0.5, 0.6) is 0 Å². The summed E-state index contributed by atoms with van der Waals surface area (Å²) in [4.78, 5) is 18.9. The van der Waals surface area contributed by atoms with Crippen LogP contribution in [0.4, 0.5) is 0 Å². The fraction of sp³-hybridized carbons (Fsp3) is 0.292. The number of esters is 1. The number of carbonyl (C=O) groups excluding carboxylic acids is 1. The van der Waals surface area contributed by atoms with Gasteiger partial charge in [-0.1, -0.05) is 28.1 Å². The van der Waals surface area contributed by atoms with Gasteiger partial charge in [0, 0.05) is 27.7 Å². The summed E-state index contributed by atoms with van der Waals surface area (Å²) in [6.07, 6.45) is 1.77. The number of pyridine rings is 1. The molecule has 0 aliphatic carbocycles. The van der Waals surface area contributed by atoms with E-state index in [4.69, 9.17) is 17.0 Å². The summed E-state index contributed by atoms with van der Waals surface area (Å²) in [5, 5.41) is 3.91. The standard InChI is InChI=1S/C24H25BrN4O2S/c1-4-31-21(30)14-28-23(22(27-24(28)32)20-10-5-6-11-26-20)19-12-15(2)29(16(19)3)18-9-7-8-17(25)13-18/h5-13,22-23H,4,14H2,1-3H3,(H,27,32)/t22-,23+/m0/s1. The highest BCUT2D eigenvalue weighted by Crippen LogP contribution is 2.41. The molecule has 0 radical (unpaired) electrons. The average Bonchev–Trinajstić information content (AvgIpc) is 3.24. The summed E-state index contributed by atoms with van der Waals surface area (Å²) in [6.45, 7) is 6.40. The van der Waals surface area contributed by atoms with E-state index in [9.17, 15) is 4.79 Å². The molecule has 4 rings (SSSR count). The zero-order chi connectivity index (χ0) is 22.8. The van der Waals surface area contributed by atoms with Crippen LogP contribution in [0.1, 0.15) is 41.7 Å². The topological polar surface area (TPSA) is 59.4 Å². The molecule has 0 spiro atoms. The summed E-state index contributed by atoms with van der Waals surface area (Å²) in [7, 11) is 0. The number of carbonyl (C=O) groups is 1. The summed E-state index contributed by atoms with van der Waals surface area (Å²) in [5.41, 5.74) is 5.23. The van der Waals surface area contributed by atoms with Crippen LogP contribution in [0, 0.1) is 13.8 Å². The second-order valence-electron chi connectivity index (χ2n) is 7.70. The van der Waals surface area contributed by atoms with Crippen molar-refractivity contribution in [2.24, 2.45) is 0 Å². The van der Waals surface area contributed by atoms with E-state index in [2.05, 4.69) is 62.8 Å². The number of benzene rings is 1. The first-order valence-corrected chi connectivity index (χ1v) is 11.7. The Morgan fingerprint density at radius 2 is 2.03 bits per heavy atom. The maximum Gasteiger partial charge on any atom is 0.325 e. The number of rotatable bonds is 6. The van der Waals surface area contributed by atoms with Gasteiger partial charge < -0.3 is 19.5 Å². The van der Waals surface area contributed by atoms with Crippen molar-refractivity contribution in [3.05, 3.63) is 81.8 Å².